The molecule has 3 aromatic rings. The van der Waals surface area contributed by atoms with Crippen molar-refractivity contribution in [2.75, 3.05) is 38.8 Å². The molecule has 0 bridgehead atoms. The summed E-state index contributed by atoms with van der Waals surface area (Å²) in [5, 5.41) is 9.80. The minimum absolute atomic E-state index is 0.0288. The molecule has 3 rings (SSSR count). The second kappa shape index (κ2) is 18.9. The Bertz CT molecular complexity index is 1360. The van der Waals surface area contributed by atoms with Gasteiger partial charge < -0.3 is 39.4 Å². The van der Waals surface area contributed by atoms with Crippen LogP contribution in [0.2, 0.25) is 0 Å². The lowest BCUT2D eigenvalue weighted by molar-refractivity contribution is -0.192. The fourth-order valence-corrected chi connectivity index (χ4v) is 5.06. The molecular weight excluding hydrogens is 620 g/mol. The fourth-order valence-electron chi connectivity index (χ4n) is 3.24. The molecule has 0 aliphatic heterocycles. The third-order valence-corrected chi connectivity index (χ3v) is 7.29. The quantitative estimate of drug-likeness (QED) is 0.0828. The van der Waals surface area contributed by atoms with E-state index in [0.717, 1.165) is 5.56 Å². The molecule has 0 heterocycles. The maximum Gasteiger partial charge on any atom is 0.490 e. The molecule has 0 aromatic heterocycles. The average Bonchev–Trinajstić information content (AvgIpc) is 3.00. The number of carbonyl (C=O) groups is 2. The van der Waals surface area contributed by atoms with Crippen molar-refractivity contribution in [2.45, 2.75) is 18.4 Å². The molecule has 45 heavy (non-hydrogen) atoms. The number of carboxylic acid groups (broad SMARTS) is 1. The van der Waals surface area contributed by atoms with E-state index in [1.807, 2.05) is 0 Å². The molecule has 15 heteroatoms. The first kappa shape index (κ1) is 36.5. The number of hydrogen-bond acceptors (Lipinski definition) is 9. The number of nitrogens with one attached hydrogen (secondary N) is 1. The average molecular weight is 653 g/mol. The first-order valence-electron chi connectivity index (χ1n) is 13.2. The lowest BCUT2D eigenvalue weighted by Gasteiger charge is -2.28. The Morgan fingerprint density at radius 3 is 1.84 bits per heavy atom. The van der Waals surface area contributed by atoms with Crippen LogP contribution in [0.15, 0.2) is 84.9 Å². The van der Waals surface area contributed by atoms with Crippen LogP contribution in [0.1, 0.15) is 5.56 Å². The predicted molar refractivity (Wildman–Crippen MR) is 159 cm³/mol. The number of ether oxygens (including phenoxy) is 3. The van der Waals surface area contributed by atoms with Crippen molar-refractivity contribution in [1.29, 1.82) is 0 Å². The maximum atomic E-state index is 14.4. The molecule has 0 saturated heterocycles. The van der Waals surface area contributed by atoms with Gasteiger partial charge in [-0.25, -0.2) is 14.2 Å². The number of rotatable bonds is 15. The Balaban J connectivity index is 0.000000900. The summed E-state index contributed by atoms with van der Waals surface area (Å²) in [4.78, 5) is 21.6. The first-order chi connectivity index (χ1) is 21.4. The van der Waals surface area contributed by atoms with E-state index in [0.29, 0.717) is 30.4 Å². The lowest BCUT2D eigenvalue weighted by atomic mass is 10.1. The summed E-state index contributed by atoms with van der Waals surface area (Å²) in [6.45, 7) is 0.954. The number of amides is 1. The van der Waals surface area contributed by atoms with Gasteiger partial charge in [-0.1, -0.05) is 54.5 Å². The fraction of sp³-hybridized carbons (Fsp3) is 0.267. The van der Waals surface area contributed by atoms with Crippen molar-refractivity contribution < 1.29 is 55.7 Å². The normalized spacial score (nSPS) is 11.6. The summed E-state index contributed by atoms with van der Waals surface area (Å²) in [6.07, 6.45) is -0.651. The van der Waals surface area contributed by atoms with Crippen LogP contribution in [-0.4, -0.2) is 62.2 Å². The van der Waals surface area contributed by atoms with E-state index >= 15 is 0 Å². The highest BCUT2D eigenvalue weighted by Crippen LogP contribution is 2.53. The third-order valence-electron chi connectivity index (χ3n) is 5.29. The molecule has 242 valence electrons. The Labute approximate surface area is 257 Å². The molecule has 1 atom stereocenters. The number of benzene rings is 3. The van der Waals surface area contributed by atoms with E-state index in [1.54, 1.807) is 84.9 Å². The molecule has 0 fully saturated rings. The number of hydrogen-bond donors (Lipinski definition) is 3. The van der Waals surface area contributed by atoms with Crippen LogP contribution < -0.4 is 20.1 Å². The summed E-state index contributed by atoms with van der Waals surface area (Å²) in [6, 6.07) is 24.2. The van der Waals surface area contributed by atoms with Crippen LogP contribution in [0, 0.1) is 12.3 Å². The Kier molecular flexibility index (Phi) is 15.3. The van der Waals surface area contributed by atoms with Crippen molar-refractivity contribution >= 4 is 25.3 Å². The smallest absolute Gasteiger partial charge is 0.475 e. The number of alkyl halides is 3. The van der Waals surface area contributed by atoms with Gasteiger partial charge in [0.1, 0.15) is 24.7 Å². The number of para-hydroxylation sites is 2. The molecule has 1 unspecified atom stereocenters. The van der Waals surface area contributed by atoms with E-state index in [9.17, 15) is 22.5 Å². The number of carbonyl (C=O) groups excluding carboxylic acids is 1. The van der Waals surface area contributed by atoms with Gasteiger partial charge >= 0.3 is 25.8 Å². The van der Waals surface area contributed by atoms with Gasteiger partial charge in [-0.15, -0.1) is 6.42 Å². The zero-order valence-electron chi connectivity index (χ0n) is 23.9. The van der Waals surface area contributed by atoms with Crippen LogP contribution in [0.25, 0.3) is 0 Å². The van der Waals surface area contributed by atoms with E-state index in [2.05, 4.69) is 11.2 Å². The second-order valence-corrected chi connectivity index (χ2v) is 10.8. The van der Waals surface area contributed by atoms with Crippen molar-refractivity contribution in [3.05, 3.63) is 90.5 Å². The number of terminal acetylenes is 1. The molecule has 0 aliphatic rings. The second-order valence-electron chi connectivity index (χ2n) is 8.76. The van der Waals surface area contributed by atoms with Crippen LogP contribution in [-0.2, 0) is 30.0 Å². The van der Waals surface area contributed by atoms with Crippen LogP contribution in [0.5, 0.6) is 11.5 Å². The molecule has 4 N–H and O–H groups in total. The maximum absolute atomic E-state index is 14.4. The zero-order chi connectivity index (χ0) is 33.1. The zero-order valence-corrected chi connectivity index (χ0v) is 24.7. The summed E-state index contributed by atoms with van der Waals surface area (Å²) in [5.41, 5.74) is 7.15. The van der Waals surface area contributed by atoms with E-state index in [1.165, 1.54) is 0 Å². The van der Waals surface area contributed by atoms with Gasteiger partial charge in [-0.05, 0) is 42.0 Å². The van der Waals surface area contributed by atoms with Gasteiger partial charge in [0, 0.05) is 12.1 Å². The highest BCUT2D eigenvalue weighted by Gasteiger charge is 2.41. The van der Waals surface area contributed by atoms with Gasteiger partial charge in [0.05, 0.1) is 19.8 Å². The molecule has 0 aliphatic carbocycles. The molecule has 1 amide bonds. The Morgan fingerprint density at radius 1 is 0.867 bits per heavy atom. The third kappa shape index (κ3) is 14.6. The van der Waals surface area contributed by atoms with Crippen LogP contribution in [0.3, 0.4) is 0 Å². The Morgan fingerprint density at radius 2 is 1.36 bits per heavy atom. The van der Waals surface area contributed by atoms with Crippen molar-refractivity contribution in [1.82, 2.24) is 5.32 Å². The number of aliphatic carboxylic acids is 1. The van der Waals surface area contributed by atoms with Gasteiger partial charge in [0.15, 0.2) is 5.78 Å². The highest BCUT2D eigenvalue weighted by atomic mass is 31.2. The van der Waals surface area contributed by atoms with Gasteiger partial charge in [-0.2, -0.15) is 13.2 Å². The number of halogens is 3. The molecule has 3 aromatic carbocycles. The van der Waals surface area contributed by atoms with Gasteiger partial charge in [0.25, 0.3) is 0 Å². The molecular formula is C30H32F3N2O9P. The van der Waals surface area contributed by atoms with Gasteiger partial charge in [-0.3, -0.25) is 0 Å². The standard InChI is InChI=1S/C28H31N2O7P.C2HF3O2/c1-2-17-33-18-19-34-20-21-35-28(31)30-27(22-23-13-15-24(29)16-14-23)38(32,36-25-9-5-3-6-10-25)37-26-11-7-4-8-12-26;3-2(4,5)1(6)7/h1,3-16,27H,17-22,29H2,(H,30,31);(H,6,7). The predicted octanol–water partition coefficient (Wildman–Crippen LogP) is 5.51. The molecule has 0 spiro atoms. The summed E-state index contributed by atoms with van der Waals surface area (Å²) >= 11 is 0. The molecule has 11 nitrogen and oxygen atoms in total. The van der Waals surface area contributed by atoms with E-state index < -0.39 is 31.6 Å². The number of carboxylic acids is 1. The summed E-state index contributed by atoms with van der Waals surface area (Å²) in [7, 11) is -4.07. The van der Waals surface area contributed by atoms with E-state index in [4.69, 9.17) is 45.3 Å². The van der Waals surface area contributed by atoms with Crippen molar-refractivity contribution in [3.8, 4) is 23.8 Å². The number of nitrogens with two attached hydrogens (primary N) is 1. The number of alkyl carbamates (subject to hydrolysis) is 1. The van der Waals surface area contributed by atoms with Crippen molar-refractivity contribution in [3.63, 3.8) is 0 Å². The molecule has 0 saturated carbocycles. The monoisotopic (exact) mass is 652 g/mol. The largest absolute Gasteiger partial charge is 0.490 e. The number of anilines is 1. The van der Waals surface area contributed by atoms with Crippen LogP contribution >= 0.6 is 7.60 Å². The summed E-state index contributed by atoms with van der Waals surface area (Å²) < 4.78 is 73.7. The number of nitrogen functional groups attached to an aromatic ring is 1. The van der Waals surface area contributed by atoms with Crippen molar-refractivity contribution in [2.24, 2.45) is 0 Å². The minimum Gasteiger partial charge on any atom is -0.475 e. The molecule has 0 radical (unpaired) electrons. The van der Waals surface area contributed by atoms with Gasteiger partial charge in [0.2, 0.25) is 0 Å². The van der Waals surface area contributed by atoms with Crippen LogP contribution in [0.4, 0.5) is 23.7 Å². The summed E-state index contributed by atoms with van der Waals surface area (Å²) in [5.74, 6) is -0.849. The minimum atomic E-state index is -5.08. The highest BCUT2D eigenvalue weighted by molar-refractivity contribution is 7.55. The first-order valence-corrected chi connectivity index (χ1v) is 14.8. The topological polar surface area (TPSA) is 156 Å². The van der Waals surface area contributed by atoms with E-state index in [-0.39, 0.29) is 26.2 Å². The Hall–Kier alpha value is -4.70. The SMILES string of the molecule is C#CCOCCOCCOC(=O)NC(Cc1ccc(N)cc1)P(=O)(Oc1ccccc1)Oc1ccccc1.O=C(O)C(F)(F)F. The lowest BCUT2D eigenvalue weighted by Crippen LogP contribution is -2.39.